The van der Waals surface area contributed by atoms with E-state index in [-0.39, 0.29) is 26.2 Å². The molecule has 1 amide bonds. The number of hydrogen-bond acceptors (Lipinski definition) is 4. The van der Waals surface area contributed by atoms with Crippen molar-refractivity contribution in [3.8, 4) is 0 Å². The van der Waals surface area contributed by atoms with E-state index >= 15 is 0 Å². The third kappa shape index (κ3) is 6.28. The molecular weight excluding hydrogens is 514 g/mol. The molecule has 0 aromatic heterocycles. The van der Waals surface area contributed by atoms with Crippen molar-refractivity contribution in [3.05, 3.63) is 94.0 Å². The fourth-order valence-corrected chi connectivity index (χ4v) is 4.54. The minimum absolute atomic E-state index is 0.0682. The van der Waals surface area contributed by atoms with Crippen LogP contribution < -0.4 is 9.73 Å². The van der Waals surface area contributed by atoms with Crippen LogP contribution in [0.15, 0.2) is 82.8 Å². The van der Waals surface area contributed by atoms with Gasteiger partial charge in [-0.1, -0.05) is 53.5 Å². The zero-order valence-electron chi connectivity index (χ0n) is 17.1. The Bertz CT molecular complexity index is 1320. The van der Waals surface area contributed by atoms with E-state index in [4.69, 9.17) is 23.2 Å². The number of nitrogens with one attached hydrogen (secondary N) is 1. The number of halogens is 5. The number of anilines is 1. The Hall–Kier alpha value is -3.08. The molecule has 3 rings (SSSR count). The van der Waals surface area contributed by atoms with Gasteiger partial charge in [0.05, 0.1) is 32.4 Å². The molecule has 0 aliphatic carbocycles. The average molecular weight is 530 g/mol. The van der Waals surface area contributed by atoms with Crippen LogP contribution in [0.5, 0.6) is 0 Å². The zero-order chi connectivity index (χ0) is 24.9. The van der Waals surface area contributed by atoms with E-state index in [9.17, 15) is 26.4 Å². The second-order valence-corrected chi connectivity index (χ2v) is 9.52. The molecule has 1 N–H and O–H groups in total. The number of rotatable bonds is 7. The molecule has 0 radical (unpaired) electrons. The van der Waals surface area contributed by atoms with Crippen molar-refractivity contribution in [1.29, 1.82) is 0 Å². The summed E-state index contributed by atoms with van der Waals surface area (Å²) in [6, 6.07) is 15.8. The number of alkyl halides is 3. The van der Waals surface area contributed by atoms with Gasteiger partial charge in [0.2, 0.25) is 0 Å². The number of hydrogen-bond donors (Lipinski definition) is 1. The van der Waals surface area contributed by atoms with Gasteiger partial charge in [-0.2, -0.15) is 18.3 Å². The number of hydrazone groups is 1. The van der Waals surface area contributed by atoms with Crippen LogP contribution in [-0.2, 0) is 21.0 Å². The molecule has 3 aromatic carbocycles. The minimum atomic E-state index is -4.53. The van der Waals surface area contributed by atoms with Gasteiger partial charge in [-0.25, -0.2) is 13.8 Å². The maximum absolute atomic E-state index is 13.2. The first-order valence-electron chi connectivity index (χ1n) is 9.50. The van der Waals surface area contributed by atoms with Gasteiger partial charge in [0.25, 0.3) is 15.9 Å². The lowest BCUT2D eigenvalue weighted by Crippen LogP contribution is -2.39. The van der Waals surface area contributed by atoms with Gasteiger partial charge in [-0.3, -0.25) is 9.10 Å². The Labute approximate surface area is 203 Å². The van der Waals surface area contributed by atoms with E-state index in [1.807, 2.05) is 0 Å². The Kier molecular flexibility index (Phi) is 7.86. The van der Waals surface area contributed by atoms with E-state index in [1.54, 1.807) is 6.07 Å². The maximum atomic E-state index is 13.2. The second-order valence-electron chi connectivity index (χ2n) is 6.84. The number of carbonyl (C=O) groups excluding carboxylic acids is 1. The Balaban J connectivity index is 1.83. The predicted octanol–water partition coefficient (Wildman–Crippen LogP) is 5.36. The van der Waals surface area contributed by atoms with Crippen molar-refractivity contribution in [2.24, 2.45) is 5.10 Å². The first-order chi connectivity index (χ1) is 16.0. The molecule has 0 spiro atoms. The smallest absolute Gasteiger partial charge is 0.271 e. The van der Waals surface area contributed by atoms with Gasteiger partial charge in [0.15, 0.2) is 0 Å². The summed E-state index contributed by atoms with van der Waals surface area (Å²) in [5, 5.41) is 3.91. The van der Waals surface area contributed by atoms with Crippen LogP contribution in [0.3, 0.4) is 0 Å². The average Bonchev–Trinajstić information content (AvgIpc) is 2.79. The van der Waals surface area contributed by atoms with Crippen molar-refractivity contribution < 1.29 is 26.4 Å². The molecule has 3 aromatic rings. The molecule has 0 aliphatic heterocycles. The highest BCUT2D eigenvalue weighted by Crippen LogP contribution is 2.31. The highest BCUT2D eigenvalue weighted by atomic mass is 35.5. The summed E-state index contributed by atoms with van der Waals surface area (Å²) < 4.78 is 65.8. The van der Waals surface area contributed by atoms with Crippen LogP contribution in [0, 0.1) is 0 Å². The van der Waals surface area contributed by atoms with Crippen LogP contribution >= 0.6 is 23.2 Å². The molecule has 0 atom stereocenters. The molecule has 0 saturated heterocycles. The van der Waals surface area contributed by atoms with Crippen molar-refractivity contribution in [1.82, 2.24) is 5.43 Å². The number of sulfonamides is 1. The lowest BCUT2D eigenvalue weighted by Gasteiger charge is -2.24. The molecular formula is C22H16Cl2F3N3O3S. The highest BCUT2D eigenvalue weighted by molar-refractivity contribution is 7.92. The Morgan fingerprint density at radius 3 is 2.32 bits per heavy atom. The highest BCUT2D eigenvalue weighted by Gasteiger charge is 2.30. The van der Waals surface area contributed by atoms with Crippen molar-refractivity contribution in [2.75, 3.05) is 10.8 Å². The third-order valence-corrected chi connectivity index (χ3v) is 6.95. The standard InChI is InChI=1S/C22H16Cl2F3N3O3S/c23-19-10-9-17(12-20(19)24)30(34(32,33)18-7-2-1-3-8-18)14-21(31)29-28-13-15-5-4-6-16(11-15)22(25,26)27/h1-13H,14H2,(H,29,31)/b28-13-. The third-order valence-electron chi connectivity index (χ3n) is 4.43. The first-order valence-corrected chi connectivity index (χ1v) is 11.7. The maximum Gasteiger partial charge on any atom is 0.416 e. The summed E-state index contributed by atoms with van der Waals surface area (Å²) in [6.07, 6.45) is -3.51. The first kappa shape index (κ1) is 25.5. The number of benzene rings is 3. The van der Waals surface area contributed by atoms with Crippen molar-refractivity contribution >= 4 is 51.0 Å². The van der Waals surface area contributed by atoms with Gasteiger partial charge in [-0.15, -0.1) is 0 Å². The number of carbonyl (C=O) groups is 1. The molecule has 0 bridgehead atoms. The van der Waals surface area contributed by atoms with E-state index in [1.165, 1.54) is 54.6 Å². The monoisotopic (exact) mass is 529 g/mol. The summed E-state index contributed by atoms with van der Waals surface area (Å²) in [7, 11) is -4.18. The van der Waals surface area contributed by atoms with Gasteiger partial charge in [0, 0.05) is 0 Å². The lowest BCUT2D eigenvalue weighted by molar-refractivity contribution is -0.137. The van der Waals surface area contributed by atoms with E-state index in [0.717, 1.165) is 22.7 Å². The van der Waals surface area contributed by atoms with Gasteiger partial charge in [-0.05, 0) is 48.0 Å². The quantitative estimate of drug-likeness (QED) is 0.330. The van der Waals surface area contributed by atoms with Crippen molar-refractivity contribution in [2.45, 2.75) is 11.1 Å². The number of amides is 1. The summed E-state index contributed by atoms with van der Waals surface area (Å²) in [5.41, 5.74) is 1.42. The molecule has 12 heteroatoms. The molecule has 0 saturated carbocycles. The lowest BCUT2D eigenvalue weighted by atomic mass is 10.1. The molecule has 178 valence electrons. The van der Waals surface area contributed by atoms with Crippen LogP contribution in [-0.4, -0.2) is 27.1 Å². The second kappa shape index (κ2) is 10.5. The molecule has 0 fully saturated rings. The van der Waals surface area contributed by atoms with E-state index in [0.29, 0.717) is 0 Å². The van der Waals surface area contributed by atoms with Crippen molar-refractivity contribution in [3.63, 3.8) is 0 Å². The Morgan fingerprint density at radius 1 is 0.971 bits per heavy atom. The van der Waals surface area contributed by atoms with Crippen LogP contribution in [0.2, 0.25) is 10.0 Å². The summed E-state index contributed by atoms with van der Waals surface area (Å²) >= 11 is 11.9. The summed E-state index contributed by atoms with van der Waals surface area (Å²) in [4.78, 5) is 12.4. The minimum Gasteiger partial charge on any atom is -0.271 e. The Morgan fingerprint density at radius 2 is 1.68 bits per heavy atom. The predicted molar refractivity (Wildman–Crippen MR) is 125 cm³/mol. The number of nitrogens with zero attached hydrogens (tertiary/aromatic N) is 2. The molecule has 0 aliphatic rings. The zero-order valence-corrected chi connectivity index (χ0v) is 19.5. The fraction of sp³-hybridized carbons (Fsp3) is 0.0909. The van der Waals surface area contributed by atoms with Crippen LogP contribution in [0.4, 0.5) is 18.9 Å². The van der Waals surface area contributed by atoms with Crippen LogP contribution in [0.1, 0.15) is 11.1 Å². The fourth-order valence-electron chi connectivity index (χ4n) is 2.81. The molecule has 6 nitrogen and oxygen atoms in total. The van der Waals surface area contributed by atoms with Crippen LogP contribution in [0.25, 0.3) is 0 Å². The SMILES string of the molecule is O=C(CN(c1ccc(Cl)c(Cl)c1)S(=O)(=O)c1ccccc1)N/N=C\c1cccc(C(F)(F)F)c1. The molecule has 0 unspecified atom stereocenters. The molecule has 34 heavy (non-hydrogen) atoms. The van der Waals surface area contributed by atoms with Gasteiger partial charge >= 0.3 is 6.18 Å². The van der Waals surface area contributed by atoms with Gasteiger partial charge < -0.3 is 0 Å². The molecule has 0 heterocycles. The van der Waals surface area contributed by atoms with E-state index < -0.39 is 34.2 Å². The van der Waals surface area contributed by atoms with E-state index in [2.05, 4.69) is 10.5 Å². The normalized spacial score (nSPS) is 12.0. The topological polar surface area (TPSA) is 78.8 Å². The summed E-state index contributed by atoms with van der Waals surface area (Å²) in [6.45, 7) is -0.685. The van der Waals surface area contributed by atoms with Gasteiger partial charge in [0.1, 0.15) is 6.54 Å². The largest absolute Gasteiger partial charge is 0.416 e. The summed E-state index contributed by atoms with van der Waals surface area (Å²) in [5.74, 6) is -0.839.